The first-order valence-corrected chi connectivity index (χ1v) is 21.1. The third-order valence-electron chi connectivity index (χ3n) is 11.4. The minimum atomic E-state index is -0.648. The van der Waals surface area contributed by atoms with Crippen molar-refractivity contribution in [3.05, 3.63) is 82.8 Å². The number of hydrogen-bond acceptors (Lipinski definition) is 7. The topological polar surface area (TPSA) is 91.1 Å². The number of amides is 1. The number of benzene rings is 3. The molecule has 3 heterocycles. The Kier molecular flexibility index (Phi) is 13.0. The molecule has 2 aromatic heterocycles. The highest BCUT2D eigenvalue weighted by Crippen LogP contribution is 2.41. The first-order valence-electron chi connectivity index (χ1n) is 21.1. The number of fused-ring (bicyclic) bond motifs is 2. The maximum atomic E-state index is 14.9. The van der Waals surface area contributed by atoms with E-state index in [1.54, 1.807) is 4.90 Å². The Morgan fingerprint density at radius 1 is 0.828 bits per heavy atom. The molecule has 0 radical (unpaired) electrons. The zero-order valence-electron chi connectivity index (χ0n) is 36.8. The first kappa shape index (κ1) is 42.8. The summed E-state index contributed by atoms with van der Waals surface area (Å²) in [7, 11) is 1.99. The highest BCUT2D eigenvalue weighted by Gasteiger charge is 2.33. The van der Waals surface area contributed by atoms with E-state index in [4.69, 9.17) is 19.3 Å². The molecule has 0 aliphatic carbocycles. The van der Waals surface area contributed by atoms with Gasteiger partial charge >= 0.3 is 12.1 Å². The minimum absolute atomic E-state index is 0.273. The molecule has 6 rings (SSSR count). The minimum Gasteiger partial charge on any atom is -0.493 e. The second kappa shape index (κ2) is 17.6. The molecule has 0 bridgehead atoms. The summed E-state index contributed by atoms with van der Waals surface area (Å²) in [6.07, 6.45) is 2.79. The number of aryl methyl sites for hydroxylation is 4. The number of carbonyl (C=O) groups excluding carboxylic acids is 2. The first-order chi connectivity index (χ1) is 27.4. The highest BCUT2D eigenvalue weighted by atomic mass is 16.6. The Labute approximate surface area is 345 Å². The van der Waals surface area contributed by atoms with E-state index in [0.717, 1.165) is 73.9 Å². The van der Waals surface area contributed by atoms with Gasteiger partial charge in [0.05, 0.1) is 17.8 Å². The standard InChI is InChI=1S/C48H65N5O5/c1-32(2)23-24-48(9,10)57-45(54)44-38(19-15-31-56-40-20-14-17-36-16-12-13-18-37(36)40)39-22-21-33(3)41(42-34(4)49-50(11)35(42)5)43(39)53(44)30-27-51-25-28-52(29-26-51)46(55)58-47(6,7)8/h12-14,16-18,20-22,32H,15,19,23-31H2,1-11H3. The fourth-order valence-electron chi connectivity index (χ4n) is 8.24. The Bertz CT molecular complexity index is 2240. The average Bonchev–Trinajstić information content (AvgIpc) is 3.61. The van der Waals surface area contributed by atoms with Crippen LogP contribution < -0.4 is 4.74 Å². The second-order valence-electron chi connectivity index (χ2n) is 18.1. The van der Waals surface area contributed by atoms with Gasteiger partial charge in [-0.1, -0.05) is 62.4 Å². The lowest BCUT2D eigenvalue weighted by atomic mass is 9.94. The summed E-state index contributed by atoms with van der Waals surface area (Å²) in [6, 6.07) is 18.8. The van der Waals surface area contributed by atoms with Crippen LogP contribution >= 0.6 is 0 Å². The number of nitrogens with zero attached hydrogens (tertiary/aromatic N) is 5. The SMILES string of the molecule is Cc1ccc2c(CCCOc3cccc4ccccc34)c(C(=O)OC(C)(C)CCC(C)C)n(CCN3CCN(C(=O)OC(C)(C)C)CC3)c2c1-c1c(C)nn(C)c1C. The van der Waals surface area contributed by atoms with E-state index in [0.29, 0.717) is 70.3 Å². The number of rotatable bonds is 14. The third-order valence-corrected chi connectivity index (χ3v) is 11.4. The summed E-state index contributed by atoms with van der Waals surface area (Å²) in [6.45, 7) is 24.8. The molecule has 0 N–H and O–H groups in total. The molecule has 10 heteroatoms. The van der Waals surface area contributed by atoms with Gasteiger partial charge in [-0.25, -0.2) is 9.59 Å². The molecule has 5 aromatic rings. The zero-order chi connectivity index (χ0) is 41.9. The fraction of sp³-hybridized carbons (Fsp3) is 0.521. The Hall–Kier alpha value is -4.83. The van der Waals surface area contributed by atoms with Crippen LogP contribution in [0.3, 0.4) is 0 Å². The molecule has 1 saturated heterocycles. The molecule has 10 nitrogen and oxygen atoms in total. The Morgan fingerprint density at radius 3 is 2.21 bits per heavy atom. The molecule has 0 atom stereocenters. The summed E-state index contributed by atoms with van der Waals surface area (Å²) < 4.78 is 22.8. The molecule has 0 unspecified atom stereocenters. The summed E-state index contributed by atoms with van der Waals surface area (Å²) in [5.41, 5.74) is 6.77. The molecular weight excluding hydrogens is 727 g/mol. The number of piperazine rings is 1. The molecule has 58 heavy (non-hydrogen) atoms. The normalized spacial score (nSPS) is 14.2. The largest absolute Gasteiger partial charge is 0.493 e. The van der Waals surface area contributed by atoms with Crippen LogP contribution in [0.2, 0.25) is 0 Å². The summed E-state index contributed by atoms with van der Waals surface area (Å²) >= 11 is 0. The molecule has 1 aliphatic rings. The van der Waals surface area contributed by atoms with E-state index in [9.17, 15) is 9.59 Å². The van der Waals surface area contributed by atoms with E-state index in [2.05, 4.69) is 74.4 Å². The smallest absolute Gasteiger partial charge is 0.410 e. The predicted octanol–water partition coefficient (Wildman–Crippen LogP) is 10.1. The van der Waals surface area contributed by atoms with Gasteiger partial charge in [0.15, 0.2) is 0 Å². The van der Waals surface area contributed by atoms with Crippen LogP contribution in [0.4, 0.5) is 4.79 Å². The van der Waals surface area contributed by atoms with E-state index in [1.807, 2.05) is 70.6 Å². The second-order valence-corrected chi connectivity index (χ2v) is 18.1. The maximum absolute atomic E-state index is 14.9. The van der Waals surface area contributed by atoms with Crippen LogP contribution in [0.15, 0.2) is 54.6 Å². The van der Waals surface area contributed by atoms with Crippen molar-refractivity contribution in [2.24, 2.45) is 13.0 Å². The van der Waals surface area contributed by atoms with Crippen molar-refractivity contribution in [2.75, 3.05) is 39.3 Å². The van der Waals surface area contributed by atoms with E-state index in [-0.39, 0.29) is 12.1 Å². The fourth-order valence-corrected chi connectivity index (χ4v) is 8.24. The van der Waals surface area contributed by atoms with Crippen LogP contribution in [0.5, 0.6) is 5.75 Å². The number of ether oxygens (including phenoxy) is 3. The van der Waals surface area contributed by atoms with Gasteiger partial charge in [-0.3, -0.25) is 9.58 Å². The van der Waals surface area contributed by atoms with Crippen LogP contribution in [-0.4, -0.2) is 86.7 Å². The number of carbonyl (C=O) groups is 2. The van der Waals surface area contributed by atoms with Crippen molar-refractivity contribution in [3.8, 4) is 16.9 Å². The van der Waals surface area contributed by atoms with Gasteiger partial charge < -0.3 is 23.7 Å². The molecule has 312 valence electrons. The van der Waals surface area contributed by atoms with Crippen molar-refractivity contribution in [3.63, 3.8) is 0 Å². The lowest BCUT2D eigenvalue weighted by Crippen LogP contribution is -2.50. The van der Waals surface area contributed by atoms with Crippen LogP contribution in [0.25, 0.3) is 32.8 Å². The summed E-state index contributed by atoms with van der Waals surface area (Å²) in [4.78, 5) is 32.0. The molecule has 3 aromatic carbocycles. The van der Waals surface area contributed by atoms with Gasteiger partial charge in [0.2, 0.25) is 0 Å². The highest BCUT2D eigenvalue weighted by molar-refractivity contribution is 6.06. The van der Waals surface area contributed by atoms with Crippen molar-refractivity contribution < 1.29 is 23.8 Å². The molecule has 1 amide bonds. The predicted molar refractivity (Wildman–Crippen MR) is 234 cm³/mol. The lowest BCUT2D eigenvalue weighted by molar-refractivity contribution is -0.00796. The summed E-state index contributed by atoms with van der Waals surface area (Å²) in [5, 5.41) is 8.11. The maximum Gasteiger partial charge on any atom is 0.410 e. The summed E-state index contributed by atoms with van der Waals surface area (Å²) in [5.74, 6) is 1.06. The van der Waals surface area contributed by atoms with Crippen LogP contribution in [0.1, 0.15) is 101 Å². The molecule has 0 saturated carbocycles. The van der Waals surface area contributed by atoms with Crippen molar-refractivity contribution in [2.45, 2.75) is 113 Å². The van der Waals surface area contributed by atoms with E-state index >= 15 is 0 Å². The quantitative estimate of drug-likeness (QED) is 0.0817. The number of hydrogen-bond donors (Lipinski definition) is 0. The van der Waals surface area contributed by atoms with E-state index in [1.165, 1.54) is 0 Å². The van der Waals surface area contributed by atoms with Crippen LogP contribution in [0, 0.1) is 26.7 Å². The number of esters is 1. The van der Waals surface area contributed by atoms with Gasteiger partial charge in [0.25, 0.3) is 0 Å². The average molecular weight is 792 g/mol. The third kappa shape index (κ3) is 9.71. The van der Waals surface area contributed by atoms with Crippen molar-refractivity contribution in [1.29, 1.82) is 0 Å². The van der Waals surface area contributed by atoms with Gasteiger partial charge in [0, 0.05) is 73.9 Å². The number of aromatic nitrogens is 3. The zero-order valence-corrected chi connectivity index (χ0v) is 36.8. The van der Waals surface area contributed by atoms with Crippen LogP contribution in [-0.2, 0) is 29.5 Å². The Morgan fingerprint density at radius 2 is 1.53 bits per heavy atom. The van der Waals surface area contributed by atoms with Crippen molar-refractivity contribution in [1.82, 2.24) is 24.1 Å². The van der Waals surface area contributed by atoms with Gasteiger partial charge in [-0.2, -0.15) is 5.10 Å². The lowest BCUT2D eigenvalue weighted by Gasteiger charge is -2.35. The molecule has 0 spiro atoms. The molecule has 1 fully saturated rings. The molecule has 1 aliphatic heterocycles. The van der Waals surface area contributed by atoms with Gasteiger partial charge in [0.1, 0.15) is 22.6 Å². The Balaban J connectivity index is 1.40. The molecular formula is C48H65N5O5. The van der Waals surface area contributed by atoms with Crippen molar-refractivity contribution >= 4 is 33.7 Å². The van der Waals surface area contributed by atoms with Gasteiger partial charge in [-0.15, -0.1) is 0 Å². The van der Waals surface area contributed by atoms with Gasteiger partial charge in [-0.05, 0) is 110 Å². The monoisotopic (exact) mass is 791 g/mol. The van der Waals surface area contributed by atoms with E-state index < -0.39 is 11.2 Å².